The molecule has 0 spiro atoms. The summed E-state index contributed by atoms with van der Waals surface area (Å²) in [5.74, 6) is 2.41. The molecule has 0 saturated carbocycles. The lowest BCUT2D eigenvalue weighted by Gasteiger charge is -2.13. The molecule has 0 fully saturated rings. The van der Waals surface area contributed by atoms with E-state index < -0.39 is 0 Å². The van der Waals surface area contributed by atoms with Crippen molar-refractivity contribution in [3.05, 3.63) is 40.7 Å². The van der Waals surface area contributed by atoms with E-state index in [1.807, 2.05) is 38.1 Å². The topological polar surface area (TPSA) is 49.8 Å². The maximum absolute atomic E-state index is 6.25. The fourth-order valence-electron chi connectivity index (χ4n) is 1.98. The molecule has 0 unspecified atom stereocenters. The van der Waals surface area contributed by atoms with Crippen LogP contribution in [0.15, 0.2) is 24.3 Å². The summed E-state index contributed by atoms with van der Waals surface area (Å²) in [6.45, 7) is 7.09. The molecule has 1 aromatic heterocycles. The number of aryl methyl sites for hydroxylation is 2. The van der Waals surface area contributed by atoms with Crippen molar-refractivity contribution >= 4 is 28.9 Å². The summed E-state index contributed by atoms with van der Waals surface area (Å²) in [6, 6.07) is 7.74. The summed E-state index contributed by atoms with van der Waals surface area (Å²) in [5.41, 5.74) is 1.98. The van der Waals surface area contributed by atoms with Crippen LogP contribution in [0, 0.1) is 6.92 Å². The van der Waals surface area contributed by atoms with Gasteiger partial charge in [-0.3, -0.25) is 0 Å². The number of nitrogens with zero attached hydrogens (tertiary/aromatic N) is 2. The molecule has 21 heavy (non-hydrogen) atoms. The molecule has 5 heteroatoms. The lowest BCUT2D eigenvalue weighted by Crippen LogP contribution is -2.07. The van der Waals surface area contributed by atoms with E-state index in [0.717, 1.165) is 48.1 Å². The lowest BCUT2D eigenvalue weighted by molar-refractivity contribution is 0.919. The van der Waals surface area contributed by atoms with E-state index >= 15 is 0 Å². The van der Waals surface area contributed by atoms with Crippen LogP contribution in [0.5, 0.6) is 0 Å². The standard InChI is InChI=1S/C16H21ClN4/c1-4-9-18-14-10-15(20-13(5-2)19-14)21-16-11(3)7-6-8-12(16)17/h6-8,10H,4-5,9H2,1-3H3,(H2,18,19,20,21). The first-order chi connectivity index (χ1) is 10.1. The van der Waals surface area contributed by atoms with Gasteiger partial charge in [0.25, 0.3) is 0 Å². The SMILES string of the molecule is CCCNc1cc(Nc2c(C)cccc2Cl)nc(CC)n1. The Bertz CT molecular complexity index is 593. The Labute approximate surface area is 131 Å². The zero-order valence-corrected chi connectivity index (χ0v) is 13.5. The first-order valence-electron chi connectivity index (χ1n) is 7.28. The van der Waals surface area contributed by atoms with Crippen molar-refractivity contribution in [3.63, 3.8) is 0 Å². The molecule has 0 aliphatic heterocycles. The van der Waals surface area contributed by atoms with E-state index in [2.05, 4.69) is 27.5 Å². The molecule has 0 aliphatic carbocycles. The molecule has 2 rings (SSSR count). The summed E-state index contributed by atoms with van der Waals surface area (Å²) < 4.78 is 0. The highest BCUT2D eigenvalue weighted by atomic mass is 35.5. The molecule has 1 heterocycles. The molecule has 2 aromatic rings. The van der Waals surface area contributed by atoms with Gasteiger partial charge in [-0.05, 0) is 25.0 Å². The zero-order valence-electron chi connectivity index (χ0n) is 12.7. The van der Waals surface area contributed by atoms with E-state index in [0.29, 0.717) is 5.02 Å². The van der Waals surface area contributed by atoms with Gasteiger partial charge in [0.15, 0.2) is 0 Å². The molecular weight excluding hydrogens is 284 g/mol. The number of aromatic nitrogens is 2. The molecule has 0 saturated heterocycles. The normalized spacial score (nSPS) is 10.5. The predicted molar refractivity (Wildman–Crippen MR) is 89.7 cm³/mol. The largest absolute Gasteiger partial charge is 0.370 e. The average Bonchev–Trinajstić information content (AvgIpc) is 2.49. The number of rotatable bonds is 6. The van der Waals surface area contributed by atoms with Crippen LogP contribution in [0.2, 0.25) is 5.02 Å². The third-order valence-corrected chi connectivity index (χ3v) is 3.43. The number of hydrogen-bond acceptors (Lipinski definition) is 4. The Balaban J connectivity index is 2.30. The molecular formula is C16H21ClN4. The molecule has 0 amide bonds. The van der Waals surface area contributed by atoms with Gasteiger partial charge in [0.05, 0.1) is 10.7 Å². The molecule has 0 atom stereocenters. The molecule has 112 valence electrons. The monoisotopic (exact) mass is 304 g/mol. The van der Waals surface area contributed by atoms with Crippen molar-refractivity contribution in [2.45, 2.75) is 33.6 Å². The van der Waals surface area contributed by atoms with Crippen LogP contribution in [-0.4, -0.2) is 16.5 Å². The Morgan fingerprint density at radius 1 is 1.14 bits per heavy atom. The second-order valence-corrected chi connectivity index (χ2v) is 5.30. The van der Waals surface area contributed by atoms with Crippen LogP contribution < -0.4 is 10.6 Å². The average molecular weight is 305 g/mol. The predicted octanol–water partition coefficient (Wildman–Crippen LogP) is 4.57. The van der Waals surface area contributed by atoms with Crippen molar-refractivity contribution in [2.24, 2.45) is 0 Å². The minimum atomic E-state index is 0.690. The highest BCUT2D eigenvalue weighted by Crippen LogP contribution is 2.28. The van der Waals surface area contributed by atoms with Gasteiger partial charge in [0.2, 0.25) is 0 Å². The summed E-state index contributed by atoms with van der Waals surface area (Å²) in [7, 11) is 0. The zero-order chi connectivity index (χ0) is 15.2. The van der Waals surface area contributed by atoms with E-state index in [1.165, 1.54) is 0 Å². The van der Waals surface area contributed by atoms with Gasteiger partial charge in [-0.25, -0.2) is 9.97 Å². The Morgan fingerprint density at radius 2 is 1.90 bits per heavy atom. The third kappa shape index (κ3) is 4.08. The van der Waals surface area contributed by atoms with Crippen molar-refractivity contribution in [2.75, 3.05) is 17.2 Å². The molecule has 4 nitrogen and oxygen atoms in total. The van der Waals surface area contributed by atoms with Crippen LogP contribution in [0.4, 0.5) is 17.3 Å². The number of para-hydroxylation sites is 1. The van der Waals surface area contributed by atoms with E-state index in [1.54, 1.807) is 0 Å². The Kier molecular flexibility index (Phi) is 5.39. The maximum Gasteiger partial charge on any atom is 0.136 e. The summed E-state index contributed by atoms with van der Waals surface area (Å²) in [6.07, 6.45) is 1.84. The quantitative estimate of drug-likeness (QED) is 0.821. The van der Waals surface area contributed by atoms with E-state index in [4.69, 9.17) is 11.6 Å². The summed E-state index contributed by atoms with van der Waals surface area (Å²) >= 11 is 6.25. The molecule has 0 radical (unpaired) electrons. The van der Waals surface area contributed by atoms with Gasteiger partial charge in [0, 0.05) is 19.0 Å². The van der Waals surface area contributed by atoms with Crippen LogP contribution in [0.3, 0.4) is 0 Å². The molecule has 2 N–H and O–H groups in total. The summed E-state index contributed by atoms with van der Waals surface area (Å²) in [5, 5.41) is 7.30. The Morgan fingerprint density at radius 3 is 2.57 bits per heavy atom. The first kappa shape index (κ1) is 15.6. The first-order valence-corrected chi connectivity index (χ1v) is 7.65. The van der Waals surface area contributed by atoms with Crippen LogP contribution in [0.25, 0.3) is 0 Å². The van der Waals surface area contributed by atoms with E-state index in [-0.39, 0.29) is 0 Å². The van der Waals surface area contributed by atoms with Crippen LogP contribution in [-0.2, 0) is 6.42 Å². The second-order valence-electron chi connectivity index (χ2n) is 4.89. The number of anilines is 3. The maximum atomic E-state index is 6.25. The Hall–Kier alpha value is -1.81. The smallest absolute Gasteiger partial charge is 0.136 e. The van der Waals surface area contributed by atoms with Crippen molar-refractivity contribution in [3.8, 4) is 0 Å². The number of benzene rings is 1. The fourth-order valence-corrected chi connectivity index (χ4v) is 2.25. The van der Waals surface area contributed by atoms with Crippen LogP contribution >= 0.6 is 11.6 Å². The minimum Gasteiger partial charge on any atom is -0.370 e. The minimum absolute atomic E-state index is 0.690. The molecule has 0 bridgehead atoms. The van der Waals surface area contributed by atoms with Gasteiger partial charge in [0.1, 0.15) is 17.5 Å². The summed E-state index contributed by atoms with van der Waals surface area (Å²) in [4.78, 5) is 9.00. The van der Waals surface area contributed by atoms with Gasteiger partial charge < -0.3 is 10.6 Å². The number of hydrogen-bond donors (Lipinski definition) is 2. The third-order valence-electron chi connectivity index (χ3n) is 3.12. The van der Waals surface area contributed by atoms with Crippen molar-refractivity contribution in [1.29, 1.82) is 0 Å². The highest BCUT2D eigenvalue weighted by Gasteiger charge is 2.08. The van der Waals surface area contributed by atoms with Gasteiger partial charge in [-0.2, -0.15) is 0 Å². The van der Waals surface area contributed by atoms with E-state index in [9.17, 15) is 0 Å². The highest BCUT2D eigenvalue weighted by molar-refractivity contribution is 6.33. The van der Waals surface area contributed by atoms with Gasteiger partial charge in [-0.1, -0.05) is 37.6 Å². The van der Waals surface area contributed by atoms with Gasteiger partial charge in [-0.15, -0.1) is 0 Å². The number of nitrogens with one attached hydrogen (secondary N) is 2. The molecule has 1 aromatic carbocycles. The van der Waals surface area contributed by atoms with Crippen LogP contribution in [0.1, 0.15) is 31.7 Å². The second kappa shape index (κ2) is 7.27. The van der Waals surface area contributed by atoms with Crippen molar-refractivity contribution < 1.29 is 0 Å². The fraction of sp³-hybridized carbons (Fsp3) is 0.375. The van der Waals surface area contributed by atoms with Crippen molar-refractivity contribution in [1.82, 2.24) is 9.97 Å². The lowest BCUT2D eigenvalue weighted by atomic mass is 10.2. The van der Waals surface area contributed by atoms with Gasteiger partial charge >= 0.3 is 0 Å². The molecule has 0 aliphatic rings. The number of halogens is 1.